The Labute approximate surface area is 218 Å². The predicted molar refractivity (Wildman–Crippen MR) is 143 cm³/mol. The molecule has 0 bridgehead atoms. The van der Waals surface area contributed by atoms with E-state index in [2.05, 4.69) is 6.92 Å². The van der Waals surface area contributed by atoms with Crippen molar-refractivity contribution < 1.29 is 22.6 Å². The first-order chi connectivity index (χ1) is 18.0. The summed E-state index contributed by atoms with van der Waals surface area (Å²) in [5.74, 6) is -1.68. The number of rotatable bonds is 11. The summed E-state index contributed by atoms with van der Waals surface area (Å²) in [5.41, 5.74) is 4.23. The highest BCUT2D eigenvalue weighted by Gasteiger charge is 2.21. The molecule has 0 amide bonds. The Morgan fingerprint density at radius 2 is 1.65 bits per heavy atom. The minimum absolute atomic E-state index is 0.169. The van der Waals surface area contributed by atoms with Crippen LogP contribution in [0.15, 0.2) is 60.7 Å². The molecule has 0 aliphatic heterocycles. The molecule has 1 aliphatic rings. The van der Waals surface area contributed by atoms with Crippen molar-refractivity contribution in [1.82, 2.24) is 0 Å². The minimum Gasteiger partial charge on any atom is -0.491 e. The second-order valence-corrected chi connectivity index (χ2v) is 9.53. The van der Waals surface area contributed by atoms with Crippen molar-refractivity contribution in [3.63, 3.8) is 0 Å². The maximum absolute atomic E-state index is 15.0. The third-order valence-electron chi connectivity index (χ3n) is 6.92. The number of allylic oxidation sites excluding steroid dienone is 1. The first kappa shape index (κ1) is 27.0. The Morgan fingerprint density at radius 1 is 0.865 bits per heavy atom. The summed E-state index contributed by atoms with van der Waals surface area (Å²) in [4.78, 5) is 0. The van der Waals surface area contributed by atoms with Crippen LogP contribution in [0.3, 0.4) is 0 Å². The molecular weight excluding hydrogens is 473 g/mol. The number of benzene rings is 3. The van der Waals surface area contributed by atoms with Crippen molar-refractivity contribution in [3.8, 4) is 16.9 Å². The summed E-state index contributed by atoms with van der Waals surface area (Å²) in [5, 5.41) is 0. The van der Waals surface area contributed by atoms with Crippen molar-refractivity contribution in [2.75, 3.05) is 13.2 Å². The Kier molecular flexibility index (Phi) is 9.45. The van der Waals surface area contributed by atoms with E-state index in [1.54, 1.807) is 18.2 Å². The molecule has 4 rings (SSSR count). The largest absolute Gasteiger partial charge is 0.491 e. The fourth-order valence-corrected chi connectivity index (χ4v) is 4.73. The summed E-state index contributed by atoms with van der Waals surface area (Å²) in [6.07, 6.45) is 7.54. The quantitative estimate of drug-likeness (QED) is 0.241. The van der Waals surface area contributed by atoms with Crippen molar-refractivity contribution in [1.29, 1.82) is 0 Å². The molecule has 0 fully saturated rings. The fourth-order valence-electron chi connectivity index (χ4n) is 4.73. The smallest absolute Gasteiger partial charge is 0.166 e. The average Bonchev–Trinajstić information content (AvgIpc) is 2.92. The lowest BCUT2D eigenvalue weighted by Gasteiger charge is -2.23. The van der Waals surface area contributed by atoms with Crippen LogP contribution in [-0.2, 0) is 17.6 Å². The van der Waals surface area contributed by atoms with Gasteiger partial charge in [0.25, 0.3) is 0 Å². The molecule has 0 saturated carbocycles. The maximum Gasteiger partial charge on any atom is 0.166 e. The van der Waals surface area contributed by atoms with E-state index in [0.717, 1.165) is 54.6 Å². The van der Waals surface area contributed by atoms with E-state index in [1.165, 1.54) is 6.07 Å². The first-order valence-corrected chi connectivity index (χ1v) is 13.3. The zero-order valence-corrected chi connectivity index (χ0v) is 21.7. The van der Waals surface area contributed by atoms with Gasteiger partial charge in [0.05, 0.1) is 12.7 Å². The molecule has 196 valence electrons. The Bertz CT molecular complexity index is 1220. The lowest BCUT2D eigenvalue weighted by Crippen LogP contribution is -2.16. The highest BCUT2D eigenvalue weighted by Crippen LogP contribution is 2.32. The molecule has 0 saturated heterocycles. The Morgan fingerprint density at radius 3 is 2.32 bits per heavy atom. The third kappa shape index (κ3) is 6.84. The van der Waals surface area contributed by atoms with Crippen molar-refractivity contribution in [3.05, 3.63) is 94.8 Å². The molecule has 0 spiro atoms. The zero-order valence-electron chi connectivity index (χ0n) is 21.7. The summed E-state index contributed by atoms with van der Waals surface area (Å²) in [6, 6.07) is 16.0. The van der Waals surface area contributed by atoms with Crippen LogP contribution < -0.4 is 4.74 Å². The predicted octanol–water partition coefficient (Wildman–Crippen LogP) is 8.71. The fraction of sp³-hybridized carbons (Fsp3) is 0.375. The van der Waals surface area contributed by atoms with Crippen LogP contribution in [0.4, 0.5) is 13.2 Å². The van der Waals surface area contributed by atoms with Gasteiger partial charge in [-0.3, -0.25) is 0 Å². The highest BCUT2D eigenvalue weighted by atomic mass is 19.2. The molecular formula is C32H35F3O2. The normalized spacial score (nSPS) is 15.5. The van der Waals surface area contributed by atoms with Gasteiger partial charge in [0, 0.05) is 12.2 Å². The topological polar surface area (TPSA) is 18.5 Å². The molecule has 1 unspecified atom stereocenters. The minimum atomic E-state index is -0.763. The van der Waals surface area contributed by atoms with Gasteiger partial charge in [-0.05, 0) is 85.4 Å². The van der Waals surface area contributed by atoms with Gasteiger partial charge in [-0.2, -0.15) is 0 Å². The number of unbranched alkanes of at least 4 members (excludes halogenated alkanes) is 1. The molecule has 1 atom stereocenters. The van der Waals surface area contributed by atoms with Gasteiger partial charge in [-0.15, -0.1) is 0 Å². The SMILES string of the molecule is CCCCOC1CC=C(c2ccc(CCc3ccc(-c4ccc(OCC)c(F)c4)cc3)c(F)c2F)CC1. The van der Waals surface area contributed by atoms with Crippen LogP contribution in [-0.4, -0.2) is 19.3 Å². The number of ether oxygens (including phenoxy) is 2. The van der Waals surface area contributed by atoms with Crippen molar-refractivity contribution in [2.45, 2.75) is 64.9 Å². The molecule has 2 nitrogen and oxygen atoms in total. The molecule has 0 radical (unpaired) electrons. The van der Waals surface area contributed by atoms with Gasteiger partial charge in [0.2, 0.25) is 0 Å². The van der Waals surface area contributed by atoms with E-state index in [1.807, 2.05) is 43.3 Å². The van der Waals surface area contributed by atoms with Crippen LogP contribution in [0, 0.1) is 17.5 Å². The van der Waals surface area contributed by atoms with E-state index in [4.69, 9.17) is 9.47 Å². The summed E-state index contributed by atoms with van der Waals surface area (Å²) >= 11 is 0. The average molecular weight is 509 g/mol. The lowest BCUT2D eigenvalue weighted by molar-refractivity contribution is 0.0466. The van der Waals surface area contributed by atoms with Gasteiger partial charge in [-0.25, -0.2) is 13.2 Å². The summed E-state index contributed by atoms with van der Waals surface area (Å²) in [6.45, 7) is 5.11. The zero-order chi connectivity index (χ0) is 26.2. The maximum atomic E-state index is 15.0. The van der Waals surface area contributed by atoms with Gasteiger partial charge >= 0.3 is 0 Å². The molecule has 0 heterocycles. The van der Waals surface area contributed by atoms with Crippen LogP contribution in [0.2, 0.25) is 0 Å². The molecule has 1 aliphatic carbocycles. The first-order valence-electron chi connectivity index (χ1n) is 13.3. The molecule has 3 aromatic carbocycles. The molecule has 0 N–H and O–H groups in total. The van der Waals surface area contributed by atoms with Crippen molar-refractivity contribution in [2.24, 2.45) is 0 Å². The van der Waals surface area contributed by atoms with Crippen LogP contribution in [0.25, 0.3) is 16.7 Å². The van der Waals surface area contributed by atoms with Crippen LogP contribution >= 0.6 is 0 Å². The van der Waals surface area contributed by atoms with E-state index in [-0.39, 0.29) is 11.9 Å². The van der Waals surface area contributed by atoms with Gasteiger partial charge in [0.15, 0.2) is 23.2 Å². The summed E-state index contributed by atoms with van der Waals surface area (Å²) in [7, 11) is 0. The highest BCUT2D eigenvalue weighted by molar-refractivity contribution is 5.67. The standard InChI is InChI=1S/C32H35F3O2/c1-3-5-20-37-27-16-12-24(13-17-27)28-18-14-25(31(34)32(28)35)11-8-22-6-9-23(10-7-22)26-15-19-30(36-4-2)29(33)21-26/h6-7,9-10,12,14-15,18-19,21,27H,3-5,8,11,13,16-17,20H2,1-2H3. The van der Waals surface area contributed by atoms with Crippen LogP contribution in [0.1, 0.15) is 62.6 Å². The van der Waals surface area contributed by atoms with E-state index < -0.39 is 17.5 Å². The molecule has 3 aromatic rings. The van der Waals surface area contributed by atoms with Crippen molar-refractivity contribution >= 4 is 5.57 Å². The third-order valence-corrected chi connectivity index (χ3v) is 6.92. The number of aryl methyl sites for hydroxylation is 2. The molecule has 0 aromatic heterocycles. The number of hydrogen-bond acceptors (Lipinski definition) is 2. The Balaban J connectivity index is 1.37. The number of halogens is 3. The Hall–Kier alpha value is -3.05. The lowest BCUT2D eigenvalue weighted by atomic mass is 9.90. The monoisotopic (exact) mass is 508 g/mol. The van der Waals surface area contributed by atoms with E-state index >= 15 is 0 Å². The van der Waals surface area contributed by atoms with Gasteiger partial charge in [-0.1, -0.05) is 61.9 Å². The van der Waals surface area contributed by atoms with Crippen LogP contribution in [0.5, 0.6) is 5.75 Å². The second kappa shape index (κ2) is 13.0. The van der Waals surface area contributed by atoms with E-state index in [9.17, 15) is 13.2 Å². The summed E-state index contributed by atoms with van der Waals surface area (Å²) < 4.78 is 55.3. The van der Waals surface area contributed by atoms with Gasteiger partial charge < -0.3 is 9.47 Å². The molecule has 5 heteroatoms. The second-order valence-electron chi connectivity index (χ2n) is 9.53. The van der Waals surface area contributed by atoms with E-state index in [0.29, 0.717) is 37.0 Å². The number of hydrogen-bond donors (Lipinski definition) is 0. The van der Waals surface area contributed by atoms with Gasteiger partial charge in [0.1, 0.15) is 0 Å². The molecule has 37 heavy (non-hydrogen) atoms.